The molecule has 2 amide bonds. The predicted molar refractivity (Wildman–Crippen MR) is 112 cm³/mol. The third-order valence-electron chi connectivity index (χ3n) is 5.76. The number of carbonyl (C=O) groups excluding carboxylic acids is 2. The molecule has 1 aliphatic carbocycles. The average molecular weight is 438 g/mol. The quantitative estimate of drug-likeness (QED) is 0.762. The molecule has 164 valence electrons. The zero-order valence-electron chi connectivity index (χ0n) is 17.1. The monoisotopic (exact) mass is 438 g/mol. The zero-order chi connectivity index (χ0) is 22.9. The average Bonchev–Trinajstić information content (AvgIpc) is 3.00. The van der Waals surface area contributed by atoms with Crippen molar-refractivity contribution in [1.29, 1.82) is 5.26 Å². The van der Waals surface area contributed by atoms with Crippen molar-refractivity contribution in [3.63, 3.8) is 0 Å². The third kappa shape index (κ3) is 4.04. The van der Waals surface area contributed by atoms with E-state index in [0.717, 1.165) is 31.4 Å². The highest BCUT2D eigenvalue weighted by Crippen LogP contribution is 2.39. The van der Waals surface area contributed by atoms with E-state index in [9.17, 15) is 28.7 Å². The van der Waals surface area contributed by atoms with Gasteiger partial charge in [0, 0.05) is 17.3 Å². The number of hydrogen-bond acceptors (Lipinski definition) is 5. The van der Waals surface area contributed by atoms with Gasteiger partial charge in [0.25, 0.3) is 5.91 Å². The summed E-state index contributed by atoms with van der Waals surface area (Å²) < 4.78 is 26.9. The fraction of sp³-hybridized carbons (Fsp3) is 0.304. The number of rotatable bonds is 4. The van der Waals surface area contributed by atoms with E-state index in [1.807, 2.05) is 6.07 Å². The standard InChI is InChI=1S/C23H20F2N4O3/c24-16-9-17(25)11-18(10-16)27-20(31)13-29-22(32)21(28-23(29)6-2-1-3-7-23)14-4-5-19(30)15(8-14)12-26/h4-5,8-11,30H,1-3,6-7,13H2,(H,27,31). The molecule has 0 bridgehead atoms. The maximum Gasteiger partial charge on any atom is 0.275 e. The predicted octanol–water partition coefficient (Wildman–Crippen LogP) is 3.47. The summed E-state index contributed by atoms with van der Waals surface area (Å²) in [6, 6.07) is 8.77. The fourth-order valence-electron chi connectivity index (χ4n) is 4.28. The van der Waals surface area contributed by atoms with Gasteiger partial charge in [0.05, 0.1) is 5.56 Å². The summed E-state index contributed by atoms with van der Waals surface area (Å²) in [4.78, 5) is 32.1. The largest absolute Gasteiger partial charge is 0.507 e. The number of phenols is 1. The smallest absolute Gasteiger partial charge is 0.275 e. The molecule has 2 aliphatic rings. The minimum atomic E-state index is -0.889. The van der Waals surface area contributed by atoms with Crippen molar-refractivity contribution in [3.05, 3.63) is 59.2 Å². The number of anilines is 1. The number of amides is 2. The first-order valence-electron chi connectivity index (χ1n) is 10.2. The van der Waals surface area contributed by atoms with Gasteiger partial charge in [-0.2, -0.15) is 5.26 Å². The van der Waals surface area contributed by atoms with Crippen LogP contribution in [0.1, 0.15) is 43.2 Å². The van der Waals surface area contributed by atoms with Crippen LogP contribution < -0.4 is 5.32 Å². The molecule has 2 N–H and O–H groups in total. The van der Waals surface area contributed by atoms with Crippen LogP contribution >= 0.6 is 0 Å². The van der Waals surface area contributed by atoms with Crippen molar-refractivity contribution in [2.45, 2.75) is 37.8 Å². The summed E-state index contributed by atoms with van der Waals surface area (Å²) in [7, 11) is 0. The van der Waals surface area contributed by atoms with Crippen LogP contribution in [0.25, 0.3) is 0 Å². The number of nitrogens with one attached hydrogen (secondary N) is 1. The molecule has 0 atom stereocenters. The molecule has 1 aliphatic heterocycles. The van der Waals surface area contributed by atoms with Crippen LogP contribution in [-0.4, -0.2) is 39.7 Å². The first-order chi connectivity index (χ1) is 15.3. The third-order valence-corrected chi connectivity index (χ3v) is 5.76. The molecule has 0 radical (unpaired) electrons. The molecular weight excluding hydrogens is 418 g/mol. The molecule has 4 rings (SSSR count). The minimum absolute atomic E-state index is 0.0139. The van der Waals surface area contributed by atoms with Crippen molar-refractivity contribution in [3.8, 4) is 11.8 Å². The molecule has 9 heteroatoms. The first-order valence-corrected chi connectivity index (χ1v) is 10.2. The second kappa shape index (κ2) is 8.38. The molecule has 0 saturated heterocycles. The van der Waals surface area contributed by atoms with E-state index in [1.54, 1.807) is 0 Å². The number of aromatic hydroxyl groups is 1. The van der Waals surface area contributed by atoms with Gasteiger partial charge in [0.1, 0.15) is 41.4 Å². The summed E-state index contributed by atoms with van der Waals surface area (Å²) >= 11 is 0. The van der Waals surface area contributed by atoms with Crippen LogP contribution in [0.4, 0.5) is 14.5 Å². The Bertz CT molecular complexity index is 1150. The highest BCUT2D eigenvalue weighted by atomic mass is 19.1. The number of benzene rings is 2. The highest BCUT2D eigenvalue weighted by molar-refractivity contribution is 6.47. The van der Waals surface area contributed by atoms with E-state index in [4.69, 9.17) is 4.99 Å². The van der Waals surface area contributed by atoms with Crippen molar-refractivity contribution in [2.75, 3.05) is 11.9 Å². The number of nitriles is 1. The summed E-state index contributed by atoms with van der Waals surface area (Å²) in [6.07, 6.45) is 3.80. The molecule has 1 heterocycles. The Kier molecular flexibility index (Phi) is 5.61. The highest BCUT2D eigenvalue weighted by Gasteiger charge is 2.48. The number of hydrogen-bond donors (Lipinski definition) is 2. The van der Waals surface area contributed by atoms with E-state index < -0.39 is 29.1 Å². The lowest BCUT2D eigenvalue weighted by Gasteiger charge is -2.38. The maximum absolute atomic E-state index is 13.4. The summed E-state index contributed by atoms with van der Waals surface area (Å²) in [5, 5.41) is 21.4. The Morgan fingerprint density at radius 1 is 1.16 bits per heavy atom. The van der Waals surface area contributed by atoms with Gasteiger partial charge in [-0.1, -0.05) is 6.42 Å². The van der Waals surface area contributed by atoms with Crippen LogP contribution in [0.5, 0.6) is 5.75 Å². The van der Waals surface area contributed by atoms with Crippen molar-refractivity contribution in [1.82, 2.24) is 4.90 Å². The normalized spacial score (nSPS) is 17.2. The molecule has 0 aromatic heterocycles. The van der Waals surface area contributed by atoms with Gasteiger partial charge in [0.15, 0.2) is 0 Å². The van der Waals surface area contributed by atoms with Gasteiger partial charge in [-0.05, 0) is 56.0 Å². The Labute approximate surface area is 183 Å². The fourth-order valence-corrected chi connectivity index (χ4v) is 4.28. The van der Waals surface area contributed by atoms with Crippen LogP contribution in [-0.2, 0) is 9.59 Å². The summed E-state index contributed by atoms with van der Waals surface area (Å²) in [6.45, 7) is -0.340. The van der Waals surface area contributed by atoms with Crippen LogP contribution in [0.15, 0.2) is 41.4 Å². The lowest BCUT2D eigenvalue weighted by atomic mass is 9.88. The number of aliphatic imine (C=N–C) groups is 1. The van der Waals surface area contributed by atoms with Gasteiger partial charge >= 0.3 is 0 Å². The van der Waals surface area contributed by atoms with Crippen LogP contribution in [0.3, 0.4) is 0 Å². The van der Waals surface area contributed by atoms with Crippen LogP contribution in [0, 0.1) is 23.0 Å². The topological polar surface area (TPSA) is 106 Å². The molecule has 1 saturated carbocycles. The molecule has 2 aromatic rings. The SMILES string of the molecule is N#Cc1cc(C2=NC3(CCCCC3)N(CC(=O)Nc3cc(F)cc(F)c3)C2=O)ccc1O. The molecule has 7 nitrogen and oxygen atoms in total. The summed E-state index contributed by atoms with van der Waals surface area (Å²) in [5.41, 5.74) is -0.424. The molecule has 32 heavy (non-hydrogen) atoms. The zero-order valence-corrected chi connectivity index (χ0v) is 17.1. The van der Waals surface area contributed by atoms with Crippen molar-refractivity contribution >= 4 is 23.2 Å². The number of nitrogens with zero attached hydrogens (tertiary/aromatic N) is 3. The van der Waals surface area contributed by atoms with Gasteiger partial charge in [-0.25, -0.2) is 8.78 Å². The van der Waals surface area contributed by atoms with Crippen molar-refractivity contribution < 1.29 is 23.5 Å². The van der Waals surface area contributed by atoms with E-state index >= 15 is 0 Å². The van der Waals surface area contributed by atoms with E-state index in [1.165, 1.54) is 23.1 Å². The number of halogens is 2. The lowest BCUT2D eigenvalue weighted by Crippen LogP contribution is -2.51. The van der Waals surface area contributed by atoms with Gasteiger partial charge < -0.3 is 15.3 Å². The van der Waals surface area contributed by atoms with E-state index in [2.05, 4.69) is 5.32 Å². The Morgan fingerprint density at radius 3 is 2.50 bits per heavy atom. The van der Waals surface area contributed by atoms with Crippen LogP contribution in [0.2, 0.25) is 0 Å². The van der Waals surface area contributed by atoms with Gasteiger partial charge in [0.2, 0.25) is 5.91 Å². The van der Waals surface area contributed by atoms with Crippen molar-refractivity contribution in [2.24, 2.45) is 4.99 Å². The second-order valence-electron chi connectivity index (χ2n) is 7.94. The molecular formula is C23H20F2N4O3. The lowest BCUT2D eigenvalue weighted by molar-refractivity contribution is -0.134. The Balaban J connectivity index is 1.62. The molecule has 1 fully saturated rings. The first kappa shape index (κ1) is 21.4. The van der Waals surface area contributed by atoms with E-state index in [-0.39, 0.29) is 29.3 Å². The molecule has 2 aromatic carbocycles. The second-order valence-corrected chi connectivity index (χ2v) is 7.94. The molecule has 0 unspecified atom stereocenters. The Hall–Kier alpha value is -3.80. The van der Waals surface area contributed by atoms with Gasteiger partial charge in [-0.15, -0.1) is 0 Å². The molecule has 1 spiro atoms. The van der Waals surface area contributed by atoms with Gasteiger partial charge in [-0.3, -0.25) is 14.6 Å². The maximum atomic E-state index is 13.4. The minimum Gasteiger partial charge on any atom is -0.507 e. The Morgan fingerprint density at radius 2 is 1.84 bits per heavy atom. The number of carbonyl (C=O) groups is 2. The van der Waals surface area contributed by atoms with E-state index in [0.29, 0.717) is 24.5 Å². The number of phenolic OH excluding ortho intramolecular Hbond substituents is 1. The summed E-state index contributed by atoms with van der Waals surface area (Å²) in [5.74, 6) is -2.93.